The maximum atomic E-state index is 11.5. The first-order chi connectivity index (χ1) is 6.18. The fraction of sp³-hybridized carbons (Fsp3) is 0.600. The summed E-state index contributed by atoms with van der Waals surface area (Å²) in [7, 11) is 0. The van der Waals surface area contributed by atoms with E-state index in [0.29, 0.717) is 18.2 Å². The zero-order chi connectivity index (χ0) is 9.42. The highest BCUT2D eigenvalue weighted by Crippen LogP contribution is 2.30. The van der Waals surface area contributed by atoms with E-state index in [2.05, 4.69) is 4.98 Å². The lowest BCUT2D eigenvalue weighted by molar-refractivity contribution is -0.120. The number of aromatic nitrogens is 2. The van der Waals surface area contributed by atoms with Gasteiger partial charge in [-0.2, -0.15) is 0 Å². The third kappa shape index (κ3) is 1.64. The van der Waals surface area contributed by atoms with Crippen LogP contribution in [0.25, 0.3) is 0 Å². The van der Waals surface area contributed by atoms with Gasteiger partial charge in [-0.05, 0) is 26.7 Å². The van der Waals surface area contributed by atoms with Crippen molar-refractivity contribution in [3.8, 4) is 0 Å². The second-order valence-electron chi connectivity index (χ2n) is 3.78. The lowest BCUT2D eigenvalue weighted by Crippen LogP contribution is -2.12. The summed E-state index contributed by atoms with van der Waals surface area (Å²) in [4.78, 5) is 15.6. The minimum Gasteiger partial charge on any atom is -0.327 e. The molecule has 0 saturated heterocycles. The molecule has 0 radical (unpaired) electrons. The maximum Gasteiger partial charge on any atom is 0.155 e. The van der Waals surface area contributed by atoms with E-state index >= 15 is 0 Å². The van der Waals surface area contributed by atoms with Crippen LogP contribution in [0.3, 0.4) is 0 Å². The Morgan fingerprint density at radius 1 is 1.62 bits per heavy atom. The van der Waals surface area contributed by atoms with Crippen molar-refractivity contribution in [2.45, 2.75) is 33.2 Å². The second-order valence-corrected chi connectivity index (χ2v) is 3.78. The molecule has 0 atom stereocenters. The normalized spacial score (nSPS) is 16.2. The standard InChI is InChI=1S/C10H14N2O/c1-7-8(2)12(6-11-7)5-10(13)9-3-4-9/h6,9H,3-5H2,1-2H3. The van der Waals surface area contributed by atoms with Gasteiger partial charge in [-0.25, -0.2) is 4.98 Å². The van der Waals surface area contributed by atoms with E-state index in [0.717, 1.165) is 24.2 Å². The van der Waals surface area contributed by atoms with E-state index in [4.69, 9.17) is 0 Å². The van der Waals surface area contributed by atoms with Crippen LogP contribution < -0.4 is 0 Å². The third-order valence-electron chi connectivity index (χ3n) is 2.70. The molecule has 13 heavy (non-hydrogen) atoms. The predicted octanol–water partition coefficient (Wildman–Crippen LogP) is 1.48. The van der Waals surface area contributed by atoms with Crippen LogP contribution in [-0.4, -0.2) is 15.3 Å². The largest absolute Gasteiger partial charge is 0.327 e. The van der Waals surface area contributed by atoms with Crippen molar-refractivity contribution in [3.63, 3.8) is 0 Å². The zero-order valence-electron chi connectivity index (χ0n) is 8.08. The van der Waals surface area contributed by atoms with Crippen molar-refractivity contribution in [3.05, 3.63) is 17.7 Å². The smallest absolute Gasteiger partial charge is 0.155 e. The highest BCUT2D eigenvalue weighted by Gasteiger charge is 2.29. The van der Waals surface area contributed by atoms with Gasteiger partial charge in [0.05, 0.1) is 18.6 Å². The Bertz CT molecular complexity index is 337. The maximum absolute atomic E-state index is 11.5. The molecule has 0 unspecified atom stereocenters. The number of rotatable bonds is 3. The Morgan fingerprint density at radius 3 is 2.77 bits per heavy atom. The van der Waals surface area contributed by atoms with Crippen LogP contribution in [-0.2, 0) is 11.3 Å². The molecule has 0 N–H and O–H groups in total. The van der Waals surface area contributed by atoms with Gasteiger partial charge in [0.1, 0.15) is 0 Å². The molecule has 3 heteroatoms. The first-order valence-electron chi connectivity index (χ1n) is 4.69. The zero-order valence-corrected chi connectivity index (χ0v) is 8.08. The third-order valence-corrected chi connectivity index (χ3v) is 2.70. The molecule has 70 valence electrons. The number of aryl methyl sites for hydroxylation is 1. The van der Waals surface area contributed by atoms with E-state index in [1.165, 1.54) is 0 Å². The highest BCUT2D eigenvalue weighted by molar-refractivity contribution is 5.82. The molecule has 0 aliphatic heterocycles. The van der Waals surface area contributed by atoms with Gasteiger partial charge < -0.3 is 4.57 Å². The van der Waals surface area contributed by atoms with Gasteiger partial charge in [0, 0.05) is 11.6 Å². The number of ketones is 1. The fourth-order valence-electron chi connectivity index (χ4n) is 1.41. The first kappa shape index (κ1) is 8.48. The number of hydrogen-bond donors (Lipinski definition) is 0. The summed E-state index contributed by atoms with van der Waals surface area (Å²) in [5, 5.41) is 0. The predicted molar refractivity (Wildman–Crippen MR) is 49.4 cm³/mol. The van der Waals surface area contributed by atoms with Crippen LogP contribution in [0.5, 0.6) is 0 Å². The molecule has 2 rings (SSSR count). The molecule has 0 spiro atoms. The van der Waals surface area contributed by atoms with Crippen LogP contribution >= 0.6 is 0 Å². The van der Waals surface area contributed by atoms with E-state index in [1.54, 1.807) is 6.33 Å². The van der Waals surface area contributed by atoms with Crippen LogP contribution in [0.2, 0.25) is 0 Å². The van der Waals surface area contributed by atoms with Crippen molar-refractivity contribution in [2.75, 3.05) is 0 Å². The van der Waals surface area contributed by atoms with E-state index in [9.17, 15) is 4.79 Å². The van der Waals surface area contributed by atoms with Gasteiger partial charge in [0.2, 0.25) is 0 Å². The average Bonchev–Trinajstić information content (AvgIpc) is 2.89. The van der Waals surface area contributed by atoms with Crippen LogP contribution in [0.4, 0.5) is 0 Å². The van der Waals surface area contributed by atoms with Crippen LogP contribution in [0.15, 0.2) is 6.33 Å². The Hall–Kier alpha value is -1.12. The second kappa shape index (κ2) is 2.98. The molecule has 1 aliphatic rings. The highest BCUT2D eigenvalue weighted by atomic mass is 16.1. The van der Waals surface area contributed by atoms with Gasteiger partial charge in [-0.1, -0.05) is 0 Å². The van der Waals surface area contributed by atoms with Crippen molar-refractivity contribution >= 4 is 5.78 Å². The van der Waals surface area contributed by atoms with Crippen LogP contribution in [0.1, 0.15) is 24.2 Å². The van der Waals surface area contributed by atoms with E-state index in [1.807, 2.05) is 18.4 Å². The lowest BCUT2D eigenvalue weighted by Gasteiger charge is -2.02. The van der Waals surface area contributed by atoms with Gasteiger partial charge in [0.15, 0.2) is 5.78 Å². The minimum atomic E-state index is 0.349. The summed E-state index contributed by atoms with van der Waals surface area (Å²) in [6, 6.07) is 0. The summed E-state index contributed by atoms with van der Waals surface area (Å²) >= 11 is 0. The van der Waals surface area contributed by atoms with Crippen molar-refractivity contribution in [1.29, 1.82) is 0 Å². The van der Waals surface area contributed by atoms with Crippen molar-refractivity contribution in [2.24, 2.45) is 5.92 Å². The number of carbonyl (C=O) groups is 1. The molecular weight excluding hydrogens is 164 g/mol. The monoisotopic (exact) mass is 178 g/mol. The number of carbonyl (C=O) groups excluding carboxylic acids is 1. The fourth-order valence-corrected chi connectivity index (χ4v) is 1.41. The van der Waals surface area contributed by atoms with Crippen molar-refractivity contribution in [1.82, 2.24) is 9.55 Å². The van der Waals surface area contributed by atoms with Crippen LogP contribution in [0, 0.1) is 19.8 Å². The topological polar surface area (TPSA) is 34.9 Å². The summed E-state index contributed by atoms with van der Waals surface area (Å²) < 4.78 is 1.94. The lowest BCUT2D eigenvalue weighted by atomic mass is 10.2. The quantitative estimate of drug-likeness (QED) is 0.702. The summed E-state index contributed by atoms with van der Waals surface area (Å²) in [5.74, 6) is 0.711. The number of imidazole rings is 1. The van der Waals surface area contributed by atoms with Gasteiger partial charge >= 0.3 is 0 Å². The summed E-state index contributed by atoms with van der Waals surface area (Å²) in [6.45, 7) is 4.48. The average molecular weight is 178 g/mol. The Balaban J connectivity index is 2.08. The molecule has 0 aromatic carbocycles. The molecule has 1 fully saturated rings. The molecule has 0 amide bonds. The Kier molecular flexibility index (Phi) is 1.94. The number of Topliss-reactive ketones (excluding diaryl/α,β-unsaturated/α-hetero) is 1. The van der Waals surface area contributed by atoms with Gasteiger partial charge in [-0.15, -0.1) is 0 Å². The van der Waals surface area contributed by atoms with E-state index in [-0.39, 0.29) is 0 Å². The summed E-state index contributed by atoms with van der Waals surface area (Å²) in [5.41, 5.74) is 2.12. The molecule has 0 bridgehead atoms. The van der Waals surface area contributed by atoms with Crippen molar-refractivity contribution < 1.29 is 4.79 Å². The Morgan fingerprint density at radius 2 is 2.31 bits per heavy atom. The molecule has 1 heterocycles. The number of hydrogen-bond acceptors (Lipinski definition) is 2. The molecule has 1 aliphatic carbocycles. The van der Waals surface area contributed by atoms with Gasteiger partial charge in [-0.3, -0.25) is 4.79 Å². The first-order valence-corrected chi connectivity index (χ1v) is 4.69. The molecule has 3 nitrogen and oxygen atoms in total. The minimum absolute atomic E-state index is 0.349. The Labute approximate surface area is 77.8 Å². The molecular formula is C10H14N2O. The number of nitrogens with zero attached hydrogens (tertiary/aromatic N) is 2. The SMILES string of the molecule is Cc1ncn(CC(=O)C2CC2)c1C. The molecule has 1 aromatic rings. The summed E-state index contributed by atoms with van der Waals surface area (Å²) in [6.07, 6.45) is 3.93. The molecule has 1 saturated carbocycles. The molecule has 1 aromatic heterocycles. The van der Waals surface area contributed by atoms with Gasteiger partial charge in [0.25, 0.3) is 0 Å². The van der Waals surface area contributed by atoms with E-state index < -0.39 is 0 Å².